The Balaban J connectivity index is 2.08. The molecular formula is C17H14BrN3O. The number of aryl methyl sites for hydroxylation is 1. The number of aromatic nitrogens is 3. The van der Waals surface area contributed by atoms with Crippen molar-refractivity contribution >= 4 is 27.1 Å². The molecule has 0 saturated carbocycles. The quantitative estimate of drug-likeness (QED) is 0.599. The maximum Gasteiger partial charge on any atom is 0.178 e. The SMILES string of the molecule is Cc1ccc2c(c1)OC(C)(C)c1nc3cc(Br)cnc3nc1-2. The Hall–Kier alpha value is -2.01. The van der Waals surface area contributed by atoms with E-state index in [-0.39, 0.29) is 0 Å². The Labute approximate surface area is 136 Å². The molecular weight excluding hydrogens is 342 g/mol. The van der Waals surface area contributed by atoms with Gasteiger partial charge in [-0.25, -0.2) is 15.0 Å². The van der Waals surface area contributed by atoms with Gasteiger partial charge in [-0.1, -0.05) is 6.07 Å². The van der Waals surface area contributed by atoms with Gasteiger partial charge in [0.25, 0.3) is 0 Å². The summed E-state index contributed by atoms with van der Waals surface area (Å²) in [4.78, 5) is 13.9. The lowest BCUT2D eigenvalue weighted by atomic mass is 9.93. The van der Waals surface area contributed by atoms with Crippen LogP contribution in [-0.2, 0) is 5.60 Å². The van der Waals surface area contributed by atoms with E-state index in [1.807, 2.05) is 32.0 Å². The van der Waals surface area contributed by atoms with Crippen molar-refractivity contribution in [3.05, 3.63) is 46.2 Å². The summed E-state index contributed by atoms with van der Waals surface area (Å²) in [7, 11) is 0. The molecule has 0 N–H and O–H groups in total. The lowest BCUT2D eigenvalue weighted by Gasteiger charge is -2.33. The van der Waals surface area contributed by atoms with Crippen molar-refractivity contribution in [3.8, 4) is 17.0 Å². The fraction of sp³-hybridized carbons (Fsp3) is 0.235. The number of benzene rings is 1. The summed E-state index contributed by atoms with van der Waals surface area (Å²) < 4.78 is 7.06. The molecule has 4 nitrogen and oxygen atoms in total. The summed E-state index contributed by atoms with van der Waals surface area (Å²) in [5.41, 5.74) is 4.71. The van der Waals surface area contributed by atoms with Crippen molar-refractivity contribution in [2.45, 2.75) is 26.4 Å². The second-order valence-electron chi connectivity index (χ2n) is 6.03. The molecule has 5 heteroatoms. The highest BCUT2D eigenvalue weighted by atomic mass is 79.9. The minimum absolute atomic E-state index is 0.528. The zero-order chi connectivity index (χ0) is 15.5. The molecule has 1 aromatic carbocycles. The maximum absolute atomic E-state index is 6.17. The average molecular weight is 356 g/mol. The van der Waals surface area contributed by atoms with Crippen LogP contribution in [-0.4, -0.2) is 15.0 Å². The van der Waals surface area contributed by atoms with Crippen LogP contribution in [0, 0.1) is 6.92 Å². The molecule has 0 amide bonds. The molecule has 3 heterocycles. The fourth-order valence-corrected chi connectivity index (χ4v) is 3.08. The first kappa shape index (κ1) is 13.6. The first-order valence-electron chi connectivity index (χ1n) is 7.08. The molecule has 0 saturated heterocycles. The highest BCUT2D eigenvalue weighted by Gasteiger charge is 2.35. The Morgan fingerprint density at radius 3 is 2.77 bits per heavy atom. The van der Waals surface area contributed by atoms with Crippen LogP contribution in [0.15, 0.2) is 34.9 Å². The average Bonchev–Trinajstić information content (AvgIpc) is 2.45. The van der Waals surface area contributed by atoms with E-state index in [0.717, 1.165) is 38.3 Å². The third kappa shape index (κ3) is 2.00. The van der Waals surface area contributed by atoms with Crippen LogP contribution in [0.1, 0.15) is 25.1 Å². The lowest BCUT2D eigenvalue weighted by Crippen LogP contribution is -2.31. The van der Waals surface area contributed by atoms with Gasteiger partial charge in [-0.15, -0.1) is 0 Å². The number of ether oxygens (including phenoxy) is 1. The summed E-state index contributed by atoms with van der Waals surface area (Å²) in [5.74, 6) is 0.850. The van der Waals surface area contributed by atoms with E-state index in [4.69, 9.17) is 14.7 Å². The van der Waals surface area contributed by atoms with Crippen LogP contribution in [0.4, 0.5) is 0 Å². The molecule has 0 spiro atoms. The summed E-state index contributed by atoms with van der Waals surface area (Å²) in [6.07, 6.45) is 1.74. The molecule has 4 rings (SSSR count). The monoisotopic (exact) mass is 355 g/mol. The van der Waals surface area contributed by atoms with Gasteiger partial charge in [0.05, 0.1) is 0 Å². The van der Waals surface area contributed by atoms with Crippen LogP contribution in [0.3, 0.4) is 0 Å². The predicted molar refractivity (Wildman–Crippen MR) is 88.9 cm³/mol. The topological polar surface area (TPSA) is 47.9 Å². The summed E-state index contributed by atoms with van der Waals surface area (Å²) in [6.45, 7) is 6.09. The van der Waals surface area contributed by atoms with Gasteiger partial charge in [0.15, 0.2) is 5.65 Å². The Kier molecular flexibility index (Phi) is 2.78. The molecule has 0 bridgehead atoms. The van der Waals surface area contributed by atoms with Gasteiger partial charge in [0.2, 0.25) is 0 Å². The zero-order valence-corrected chi connectivity index (χ0v) is 14.1. The summed E-state index contributed by atoms with van der Waals surface area (Å²) >= 11 is 3.43. The van der Waals surface area contributed by atoms with E-state index in [1.165, 1.54) is 0 Å². The van der Waals surface area contributed by atoms with Gasteiger partial charge >= 0.3 is 0 Å². The van der Waals surface area contributed by atoms with Crippen molar-refractivity contribution in [3.63, 3.8) is 0 Å². The van der Waals surface area contributed by atoms with Crippen molar-refractivity contribution in [2.75, 3.05) is 0 Å². The van der Waals surface area contributed by atoms with Crippen molar-refractivity contribution in [2.24, 2.45) is 0 Å². The molecule has 0 unspecified atom stereocenters. The van der Waals surface area contributed by atoms with E-state index in [2.05, 4.69) is 33.9 Å². The number of rotatable bonds is 0. The number of hydrogen-bond acceptors (Lipinski definition) is 4. The minimum Gasteiger partial charge on any atom is -0.481 e. The molecule has 1 aliphatic heterocycles. The third-order valence-electron chi connectivity index (χ3n) is 3.82. The van der Waals surface area contributed by atoms with Crippen LogP contribution in [0.2, 0.25) is 0 Å². The van der Waals surface area contributed by atoms with Crippen molar-refractivity contribution < 1.29 is 4.74 Å². The van der Waals surface area contributed by atoms with Gasteiger partial charge in [0.1, 0.15) is 28.3 Å². The lowest BCUT2D eigenvalue weighted by molar-refractivity contribution is 0.100. The Morgan fingerprint density at radius 2 is 1.95 bits per heavy atom. The number of hydrogen-bond donors (Lipinski definition) is 0. The van der Waals surface area contributed by atoms with E-state index in [1.54, 1.807) is 6.20 Å². The van der Waals surface area contributed by atoms with E-state index < -0.39 is 5.60 Å². The van der Waals surface area contributed by atoms with Gasteiger partial charge < -0.3 is 4.74 Å². The van der Waals surface area contributed by atoms with E-state index >= 15 is 0 Å². The Bertz CT molecular complexity index is 921. The highest BCUT2D eigenvalue weighted by Crippen LogP contribution is 2.44. The Morgan fingerprint density at radius 1 is 1.14 bits per heavy atom. The first-order valence-corrected chi connectivity index (χ1v) is 7.87. The van der Waals surface area contributed by atoms with Gasteiger partial charge in [-0.3, -0.25) is 0 Å². The zero-order valence-electron chi connectivity index (χ0n) is 12.5. The largest absolute Gasteiger partial charge is 0.481 e. The molecule has 22 heavy (non-hydrogen) atoms. The number of nitrogens with zero attached hydrogens (tertiary/aromatic N) is 3. The number of fused-ring (bicyclic) bond motifs is 4. The molecule has 0 atom stereocenters. The number of halogens is 1. The van der Waals surface area contributed by atoms with Crippen molar-refractivity contribution in [1.82, 2.24) is 15.0 Å². The smallest absolute Gasteiger partial charge is 0.178 e. The normalized spacial score (nSPS) is 15.1. The van der Waals surface area contributed by atoms with E-state index in [9.17, 15) is 0 Å². The van der Waals surface area contributed by atoms with Gasteiger partial charge in [0, 0.05) is 16.2 Å². The number of pyridine rings is 1. The predicted octanol–water partition coefficient (Wildman–Crippen LogP) is 4.39. The minimum atomic E-state index is -0.528. The molecule has 1 aliphatic rings. The fourth-order valence-electron chi connectivity index (χ4n) is 2.76. The van der Waals surface area contributed by atoms with Gasteiger partial charge in [-0.2, -0.15) is 0 Å². The second kappa shape index (κ2) is 4.49. The van der Waals surface area contributed by atoms with Crippen LogP contribution >= 0.6 is 15.9 Å². The molecule has 2 aromatic heterocycles. The van der Waals surface area contributed by atoms with E-state index in [0.29, 0.717) is 5.65 Å². The third-order valence-corrected chi connectivity index (χ3v) is 4.25. The highest BCUT2D eigenvalue weighted by molar-refractivity contribution is 9.10. The summed E-state index contributed by atoms with van der Waals surface area (Å²) in [6, 6.07) is 8.07. The molecule has 3 aromatic rings. The molecule has 110 valence electrons. The first-order chi connectivity index (χ1) is 10.4. The molecule has 0 aliphatic carbocycles. The van der Waals surface area contributed by atoms with Crippen LogP contribution < -0.4 is 4.74 Å². The van der Waals surface area contributed by atoms with Gasteiger partial charge in [-0.05, 0) is 60.5 Å². The molecule has 0 radical (unpaired) electrons. The summed E-state index contributed by atoms with van der Waals surface area (Å²) in [5, 5.41) is 0. The maximum atomic E-state index is 6.17. The van der Waals surface area contributed by atoms with Crippen LogP contribution in [0.5, 0.6) is 5.75 Å². The standard InChI is InChI=1S/C17H14BrN3O/c1-9-4-5-11-13(6-9)22-17(2,3)15-14(11)21-16-12(20-15)7-10(18)8-19-16/h4-8H,1-3H3. The second-order valence-corrected chi connectivity index (χ2v) is 6.94. The van der Waals surface area contributed by atoms with Crippen molar-refractivity contribution in [1.29, 1.82) is 0 Å². The molecule has 0 fully saturated rings. The van der Waals surface area contributed by atoms with Crippen LogP contribution in [0.25, 0.3) is 22.4 Å².